The van der Waals surface area contributed by atoms with Crippen molar-refractivity contribution in [2.75, 3.05) is 26.2 Å². The van der Waals surface area contributed by atoms with E-state index in [4.69, 9.17) is 0 Å². The van der Waals surface area contributed by atoms with Crippen LogP contribution in [0.4, 0.5) is 0 Å². The topological polar surface area (TPSA) is 15.3 Å². The van der Waals surface area contributed by atoms with E-state index in [2.05, 4.69) is 61.3 Å². The van der Waals surface area contributed by atoms with Gasteiger partial charge in [0.2, 0.25) is 0 Å². The number of rotatable bonds is 9. The molecule has 1 fully saturated rings. The van der Waals surface area contributed by atoms with Crippen LogP contribution in [0, 0.1) is 11.8 Å². The minimum absolute atomic E-state index is 0.467. The number of nitrogens with zero attached hydrogens (tertiary/aromatic N) is 1. The zero-order chi connectivity index (χ0) is 14.4. The van der Waals surface area contributed by atoms with Crippen LogP contribution in [0.25, 0.3) is 0 Å². The molecule has 20 heavy (non-hydrogen) atoms. The van der Waals surface area contributed by atoms with E-state index in [9.17, 15) is 0 Å². The van der Waals surface area contributed by atoms with Crippen molar-refractivity contribution in [3.63, 3.8) is 0 Å². The maximum absolute atomic E-state index is 3.67. The molecule has 1 aromatic rings. The molecule has 0 radical (unpaired) electrons. The molecule has 0 heterocycles. The average molecular weight is 274 g/mol. The molecular weight excluding hydrogens is 244 g/mol. The lowest BCUT2D eigenvalue weighted by molar-refractivity contribution is 0.213. The van der Waals surface area contributed by atoms with E-state index in [1.54, 1.807) is 0 Å². The SMILES string of the molecule is CCNC(c1ccccc1)C(C)CN(CC)CC1CC1. The first-order chi connectivity index (χ1) is 9.74. The zero-order valence-electron chi connectivity index (χ0n) is 13.3. The van der Waals surface area contributed by atoms with Crippen LogP contribution in [0.15, 0.2) is 30.3 Å². The van der Waals surface area contributed by atoms with Gasteiger partial charge in [0.25, 0.3) is 0 Å². The predicted octanol–water partition coefficient (Wildman–Crippen LogP) is 3.71. The van der Waals surface area contributed by atoms with Crippen LogP contribution >= 0.6 is 0 Å². The molecule has 1 aliphatic carbocycles. The highest BCUT2D eigenvalue weighted by molar-refractivity contribution is 5.19. The second-order valence-electron chi connectivity index (χ2n) is 6.22. The maximum Gasteiger partial charge on any atom is 0.0358 e. The van der Waals surface area contributed by atoms with E-state index >= 15 is 0 Å². The van der Waals surface area contributed by atoms with E-state index in [0.29, 0.717) is 12.0 Å². The van der Waals surface area contributed by atoms with Crippen LogP contribution in [0.2, 0.25) is 0 Å². The highest BCUT2D eigenvalue weighted by atomic mass is 15.1. The summed E-state index contributed by atoms with van der Waals surface area (Å²) in [6, 6.07) is 11.4. The van der Waals surface area contributed by atoms with Gasteiger partial charge in [0.15, 0.2) is 0 Å². The lowest BCUT2D eigenvalue weighted by Gasteiger charge is -2.30. The van der Waals surface area contributed by atoms with Gasteiger partial charge in [-0.1, -0.05) is 51.1 Å². The third-order valence-corrected chi connectivity index (χ3v) is 4.36. The quantitative estimate of drug-likeness (QED) is 0.738. The second kappa shape index (κ2) is 7.80. The molecule has 1 saturated carbocycles. The Balaban J connectivity index is 1.96. The van der Waals surface area contributed by atoms with Gasteiger partial charge in [-0.2, -0.15) is 0 Å². The highest BCUT2D eigenvalue weighted by Gasteiger charge is 2.26. The molecule has 1 aliphatic rings. The van der Waals surface area contributed by atoms with E-state index in [1.807, 2.05) is 0 Å². The van der Waals surface area contributed by atoms with Gasteiger partial charge in [-0.25, -0.2) is 0 Å². The van der Waals surface area contributed by atoms with E-state index < -0.39 is 0 Å². The maximum atomic E-state index is 3.67. The molecule has 112 valence electrons. The predicted molar refractivity (Wildman–Crippen MR) is 86.9 cm³/mol. The third-order valence-electron chi connectivity index (χ3n) is 4.36. The van der Waals surface area contributed by atoms with Crippen molar-refractivity contribution in [1.82, 2.24) is 10.2 Å². The standard InChI is InChI=1S/C18H30N2/c1-4-19-18(17-9-7-6-8-10-17)15(3)13-20(5-2)14-16-11-12-16/h6-10,15-16,18-19H,4-5,11-14H2,1-3H3. The van der Waals surface area contributed by atoms with Crippen LogP contribution < -0.4 is 5.32 Å². The lowest BCUT2D eigenvalue weighted by Crippen LogP contribution is -2.36. The van der Waals surface area contributed by atoms with Crippen molar-refractivity contribution in [2.45, 2.75) is 39.7 Å². The summed E-state index contributed by atoms with van der Waals surface area (Å²) in [5, 5.41) is 3.67. The smallest absolute Gasteiger partial charge is 0.0358 e. The number of benzene rings is 1. The van der Waals surface area contributed by atoms with Crippen molar-refractivity contribution >= 4 is 0 Å². The van der Waals surface area contributed by atoms with Gasteiger partial charge < -0.3 is 10.2 Å². The van der Waals surface area contributed by atoms with Gasteiger partial charge in [0.1, 0.15) is 0 Å². The fraction of sp³-hybridized carbons (Fsp3) is 0.667. The molecule has 2 heteroatoms. The van der Waals surface area contributed by atoms with Crippen LogP contribution in [-0.4, -0.2) is 31.1 Å². The summed E-state index contributed by atoms with van der Waals surface area (Å²) in [7, 11) is 0. The van der Waals surface area contributed by atoms with Gasteiger partial charge in [0.05, 0.1) is 0 Å². The summed E-state index contributed by atoms with van der Waals surface area (Å²) in [5.41, 5.74) is 1.42. The molecular formula is C18H30N2. The van der Waals surface area contributed by atoms with Crippen molar-refractivity contribution in [2.24, 2.45) is 11.8 Å². The Morgan fingerprint density at radius 2 is 1.90 bits per heavy atom. The molecule has 0 saturated heterocycles. The van der Waals surface area contributed by atoms with E-state index in [1.165, 1.54) is 38.0 Å². The van der Waals surface area contributed by atoms with Crippen molar-refractivity contribution < 1.29 is 0 Å². The van der Waals surface area contributed by atoms with Gasteiger partial charge in [-0.15, -0.1) is 0 Å². The van der Waals surface area contributed by atoms with Crippen molar-refractivity contribution in [3.05, 3.63) is 35.9 Å². The molecule has 0 aliphatic heterocycles. The van der Waals surface area contributed by atoms with Gasteiger partial charge in [-0.3, -0.25) is 0 Å². The zero-order valence-corrected chi connectivity index (χ0v) is 13.3. The normalized spacial score (nSPS) is 18.2. The largest absolute Gasteiger partial charge is 0.310 e. The van der Waals surface area contributed by atoms with Crippen molar-refractivity contribution in [1.29, 1.82) is 0 Å². The van der Waals surface area contributed by atoms with Crippen LogP contribution in [0.3, 0.4) is 0 Å². The third kappa shape index (κ3) is 4.60. The van der Waals surface area contributed by atoms with Crippen LogP contribution in [0.5, 0.6) is 0 Å². The molecule has 0 bridgehead atoms. The number of nitrogens with one attached hydrogen (secondary N) is 1. The first-order valence-corrected chi connectivity index (χ1v) is 8.25. The molecule has 2 unspecified atom stereocenters. The van der Waals surface area contributed by atoms with Gasteiger partial charge in [-0.05, 0) is 43.3 Å². The van der Waals surface area contributed by atoms with Crippen LogP contribution in [-0.2, 0) is 0 Å². The summed E-state index contributed by atoms with van der Waals surface area (Å²) < 4.78 is 0. The van der Waals surface area contributed by atoms with Crippen LogP contribution in [0.1, 0.15) is 45.2 Å². The van der Waals surface area contributed by atoms with Crippen molar-refractivity contribution in [3.8, 4) is 0 Å². The molecule has 0 amide bonds. The Morgan fingerprint density at radius 1 is 1.20 bits per heavy atom. The Morgan fingerprint density at radius 3 is 2.45 bits per heavy atom. The van der Waals surface area contributed by atoms with Gasteiger partial charge >= 0.3 is 0 Å². The first kappa shape index (κ1) is 15.5. The fourth-order valence-electron chi connectivity index (χ4n) is 3.04. The first-order valence-electron chi connectivity index (χ1n) is 8.25. The highest BCUT2D eigenvalue weighted by Crippen LogP contribution is 2.30. The molecule has 2 nitrogen and oxygen atoms in total. The number of hydrogen-bond acceptors (Lipinski definition) is 2. The number of hydrogen-bond donors (Lipinski definition) is 1. The van der Waals surface area contributed by atoms with E-state index in [-0.39, 0.29) is 0 Å². The molecule has 0 spiro atoms. The Bertz CT molecular complexity index is 372. The molecule has 1 aromatic carbocycles. The average Bonchev–Trinajstić information content (AvgIpc) is 3.28. The lowest BCUT2D eigenvalue weighted by atomic mass is 9.93. The summed E-state index contributed by atoms with van der Waals surface area (Å²) >= 11 is 0. The summed E-state index contributed by atoms with van der Waals surface area (Å²) in [5.74, 6) is 1.62. The molecule has 0 aromatic heterocycles. The molecule has 2 rings (SSSR count). The fourth-order valence-corrected chi connectivity index (χ4v) is 3.04. The Kier molecular flexibility index (Phi) is 6.06. The minimum Gasteiger partial charge on any atom is -0.310 e. The monoisotopic (exact) mass is 274 g/mol. The Labute approximate surface area is 124 Å². The Hall–Kier alpha value is -0.860. The molecule has 1 N–H and O–H groups in total. The summed E-state index contributed by atoms with van der Waals surface area (Å²) in [6.07, 6.45) is 2.89. The van der Waals surface area contributed by atoms with E-state index in [0.717, 1.165) is 12.5 Å². The van der Waals surface area contributed by atoms with Gasteiger partial charge in [0, 0.05) is 19.1 Å². The summed E-state index contributed by atoms with van der Waals surface area (Å²) in [4.78, 5) is 2.63. The summed E-state index contributed by atoms with van der Waals surface area (Å²) in [6.45, 7) is 11.6. The minimum atomic E-state index is 0.467. The molecule has 2 atom stereocenters. The second-order valence-corrected chi connectivity index (χ2v) is 6.22.